The van der Waals surface area contributed by atoms with Crippen LogP contribution in [0.1, 0.15) is 19.3 Å². The largest absolute Gasteiger partial charge is 0.323 e. The number of likely N-dealkylation sites (tertiary alicyclic amines) is 1. The molecule has 0 radical (unpaired) electrons. The quantitative estimate of drug-likeness (QED) is 0.695. The fourth-order valence-electron chi connectivity index (χ4n) is 1.98. The number of rotatable bonds is 2. The summed E-state index contributed by atoms with van der Waals surface area (Å²) in [6, 6.07) is 0. The molecule has 0 aromatic heterocycles. The first kappa shape index (κ1) is 8.85. The van der Waals surface area contributed by atoms with Crippen molar-refractivity contribution in [2.24, 2.45) is 5.73 Å². The summed E-state index contributed by atoms with van der Waals surface area (Å²) in [6.07, 6.45) is 3.93. The molecule has 1 unspecified atom stereocenters. The van der Waals surface area contributed by atoms with E-state index in [1.807, 2.05) is 11.8 Å². The first-order valence-corrected chi connectivity index (χ1v) is 6.03. The molecule has 2 saturated heterocycles. The van der Waals surface area contributed by atoms with Crippen LogP contribution in [0.5, 0.6) is 0 Å². The van der Waals surface area contributed by atoms with Gasteiger partial charge in [-0.05, 0) is 38.1 Å². The molecule has 0 bridgehead atoms. The number of thioether (sulfide) groups is 1. The molecule has 0 amide bonds. The van der Waals surface area contributed by atoms with Crippen LogP contribution in [0, 0.1) is 0 Å². The maximum Gasteiger partial charge on any atom is 0.0375 e. The Morgan fingerprint density at radius 3 is 2.67 bits per heavy atom. The summed E-state index contributed by atoms with van der Waals surface area (Å²) in [4.78, 5) is 2.49. The predicted octanol–water partition coefficient (Wildman–Crippen LogP) is 0.917. The van der Waals surface area contributed by atoms with Crippen LogP contribution in [0.15, 0.2) is 0 Å². The van der Waals surface area contributed by atoms with Gasteiger partial charge in [-0.2, -0.15) is 11.8 Å². The molecule has 0 aliphatic carbocycles. The third kappa shape index (κ3) is 1.95. The van der Waals surface area contributed by atoms with Crippen LogP contribution in [0.25, 0.3) is 0 Å². The molecule has 2 N–H and O–H groups in total. The van der Waals surface area contributed by atoms with Crippen molar-refractivity contribution in [1.82, 2.24) is 4.90 Å². The Morgan fingerprint density at radius 1 is 1.33 bits per heavy atom. The van der Waals surface area contributed by atoms with Gasteiger partial charge in [-0.15, -0.1) is 0 Å². The van der Waals surface area contributed by atoms with Crippen molar-refractivity contribution >= 4 is 11.8 Å². The molecule has 2 aliphatic heterocycles. The van der Waals surface area contributed by atoms with Crippen molar-refractivity contribution < 1.29 is 0 Å². The molecule has 2 heterocycles. The third-order valence-electron chi connectivity index (χ3n) is 2.84. The molecule has 1 atom stereocenters. The van der Waals surface area contributed by atoms with Gasteiger partial charge in [0, 0.05) is 17.8 Å². The summed E-state index contributed by atoms with van der Waals surface area (Å²) in [5.41, 5.74) is 6.45. The molecule has 2 aliphatic rings. The molecule has 3 heteroatoms. The third-order valence-corrected chi connectivity index (χ3v) is 4.20. The topological polar surface area (TPSA) is 29.3 Å². The highest BCUT2D eigenvalue weighted by molar-refractivity contribution is 7.99. The zero-order valence-corrected chi connectivity index (χ0v) is 8.41. The Bertz CT molecular complexity index is 151. The standard InChI is InChI=1S/C9H18N2S/c10-9(3-1-6-12-8-9)7-11-4-2-5-11/h1-8,10H2. The molecule has 0 aromatic carbocycles. The fraction of sp³-hybridized carbons (Fsp3) is 1.00. The van der Waals surface area contributed by atoms with Gasteiger partial charge in [-0.1, -0.05) is 0 Å². The Hall–Kier alpha value is 0.270. The van der Waals surface area contributed by atoms with Gasteiger partial charge in [0.1, 0.15) is 0 Å². The summed E-state index contributed by atoms with van der Waals surface area (Å²) in [5, 5.41) is 0. The van der Waals surface area contributed by atoms with E-state index in [0.29, 0.717) is 0 Å². The Morgan fingerprint density at radius 2 is 2.17 bits per heavy atom. The van der Waals surface area contributed by atoms with Crippen molar-refractivity contribution in [1.29, 1.82) is 0 Å². The number of nitrogens with two attached hydrogens (primary N) is 1. The molecular formula is C9H18N2S. The number of nitrogens with zero attached hydrogens (tertiary/aromatic N) is 1. The summed E-state index contributed by atoms with van der Waals surface area (Å²) < 4.78 is 0. The Kier molecular flexibility index (Phi) is 2.63. The number of hydrogen-bond donors (Lipinski definition) is 1. The minimum Gasteiger partial charge on any atom is -0.323 e. The normalized spacial score (nSPS) is 37.8. The Labute approximate surface area is 78.9 Å². The van der Waals surface area contributed by atoms with Crippen LogP contribution in [-0.4, -0.2) is 41.6 Å². The first-order chi connectivity index (χ1) is 5.79. The molecule has 12 heavy (non-hydrogen) atoms. The van der Waals surface area contributed by atoms with E-state index in [1.54, 1.807) is 0 Å². The highest BCUT2D eigenvalue weighted by Crippen LogP contribution is 2.26. The zero-order chi connectivity index (χ0) is 8.44. The van der Waals surface area contributed by atoms with Crippen molar-refractivity contribution in [3.05, 3.63) is 0 Å². The predicted molar refractivity (Wildman–Crippen MR) is 54.5 cm³/mol. The second-order valence-corrected chi connectivity index (χ2v) is 5.25. The van der Waals surface area contributed by atoms with Gasteiger partial charge in [0.15, 0.2) is 0 Å². The molecule has 2 fully saturated rings. The zero-order valence-electron chi connectivity index (χ0n) is 7.59. The van der Waals surface area contributed by atoms with E-state index in [0.717, 1.165) is 6.54 Å². The van der Waals surface area contributed by atoms with E-state index in [1.165, 1.54) is 43.9 Å². The van der Waals surface area contributed by atoms with Gasteiger partial charge >= 0.3 is 0 Å². The molecule has 0 aromatic rings. The van der Waals surface area contributed by atoms with Crippen LogP contribution in [0.3, 0.4) is 0 Å². The van der Waals surface area contributed by atoms with E-state index in [-0.39, 0.29) is 5.54 Å². The van der Waals surface area contributed by atoms with E-state index in [9.17, 15) is 0 Å². The van der Waals surface area contributed by atoms with Crippen molar-refractivity contribution in [3.63, 3.8) is 0 Å². The Balaban J connectivity index is 1.81. The van der Waals surface area contributed by atoms with Gasteiger partial charge in [-0.3, -0.25) is 0 Å². The minimum atomic E-state index is 0.142. The lowest BCUT2D eigenvalue weighted by Gasteiger charge is -2.41. The molecule has 0 saturated carbocycles. The average Bonchev–Trinajstić information content (AvgIpc) is 1.99. The van der Waals surface area contributed by atoms with Gasteiger partial charge in [-0.25, -0.2) is 0 Å². The maximum absolute atomic E-state index is 6.31. The SMILES string of the molecule is NC1(CN2CCC2)CCCSC1. The monoisotopic (exact) mass is 186 g/mol. The van der Waals surface area contributed by atoms with E-state index >= 15 is 0 Å². The van der Waals surface area contributed by atoms with Crippen LogP contribution in [0.4, 0.5) is 0 Å². The summed E-state index contributed by atoms with van der Waals surface area (Å²) in [7, 11) is 0. The minimum absolute atomic E-state index is 0.142. The van der Waals surface area contributed by atoms with E-state index < -0.39 is 0 Å². The van der Waals surface area contributed by atoms with Crippen molar-refractivity contribution in [3.8, 4) is 0 Å². The summed E-state index contributed by atoms with van der Waals surface area (Å²) in [6.45, 7) is 3.70. The first-order valence-electron chi connectivity index (χ1n) is 4.88. The van der Waals surface area contributed by atoms with Gasteiger partial charge in [0.2, 0.25) is 0 Å². The van der Waals surface area contributed by atoms with Crippen LogP contribution in [0.2, 0.25) is 0 Å². The number of hydrogen-bond acceptors (Lipinski definition) is 3. The van der Waals surface area contributed by atoms with Crippen molar-refractivity contribution in [2.45, 2.75) is 24.8 Å². The van der Waals surface area contributed by atoms with Gasteiger partial charge < -0.3 is 10.6 Å². The van der Waals surface area contributed by atoms with E-state index in [2.05, 4.69) is 4.90 Å². The lowest BCUT2D eigenvalue weighted by atomic mass is 9.95. The second kappa shape index (κ2) is 3.56. The fourth-order valence-corrected chi connectivity index (χ4v) is 3.12. The summed E-state index contributed by atoms with van der Waals surface area (Å²) >= 11 is 2.03. The lowest BCUT2D eigenvalue weighted by molar-refractivity contribution is 0.140. The molecule has 2 rings (SSSR count). The molecule has 70 valence electrons. The smallest absolute Gasteiger partial charge is 0.0375 e. The highest BCUT2D eigenvalue weighted by atomic mass is 32.2. The van der Waals surface area contributed by atoms with E-state index in [4.69, 9.17) is 5.73 Å². The molecular weight excluding hydrogens is 168 g/mol. The highest BCUT2D eigenvalue weighted by Gasteiger charge is 2.31. The second-order valence-electron chi connectivity index (χ2n) is 4.15. The van der Waals surface area contributed by atoms with Crippen LogP contribution in [-0.2, 0) is 0 Å². The molecule has 2 nitrogen and oxygen atoms in total. The van der Waals surface area contributed by atoms with Crippen LogP contribution < -0.4 is 5.73 Å². The lowest BCUT2D eigenvalue weighted by Crippen LogP contribution is -2.56. The van der Waals surface area contributed by atoms with Gasteiger partial charge in [0.25, 0.3) is 0 Å². The van der Waals surface area contributed by atoms with Gasteiger partial charge in [0.05, 0.1) is 0 Å². The average molecular weight is 186 g/mol. The molecule has 0 spiro atoms. The van der Waals surface area contributed by atoms with Crippen LogP contribution >= 0.6 is 11.8 Å². The maximum atomic E-state index is 6.31. The van der Waals surface area contributed by atoms with Crippen molar-refractivity contribution in [2.75, 3.05) is 31.1 Å². The summed E-state index contributed by atoms with van der Waals surface area (Å²) in [5.74, 6) is 2.49.